The van der Waals surface area contributed by atoms with Crippen LogP contribution in [-0.4, -0.2) is 64.8 Å². The standard InChI is InChI=1S/C21H44N4.CH4/c1-18(2)11-16(12-19(3,4)24(18)9)22-15-23-17-13-20(5,6)25(10)21(7,8)14-17;/h16-17,22-23H,11-15H2,1-10H3;1H4. The van der Waals surface area contributed by atoms with Crippen molar-refractivity contribution in [3.63, 3.8) is 0 Å². The highest BCUT2D eigenvalue weighted by atomic mass is 15.3. The van der Waals surface area contributed by atoms with Gasteiger partial charge in [0.2, 0.25) is 0 Å². The van der Waals surface area contributed by atoms with Crippen molar-refractivity contribution in [2.45, 2.75) is 123 Å². The number of likely N-dealkylation sites (tertiary alicyclic amines) is 2. The Morgan fingerprint density at radius 3 is 1.08 bits per heavy atom. The smallest absolute Gasteiger partial charge is 0.0458 e. The van der Waals surface area contributed by atoms with E-state index in [-0.39, 0.29) is 29.6 Å². The van der Waals surface area contributed by atoms with Crippen LogP contribution >= 0.6 is 0 Å². The molecule has 0 aromatic rings. The van der Waals surface area contributed by atoms with Crippen LogP contribution in [0.25, 0.3) is 0 Å². The van der Waals surface area contributed by atoms with Gasteiger partial charge in [-0.05, 0) is 95.2 Å². The van der Waals surface area contributed by atoms with Gasteiger partial charge in [-0.2, -0.15) is 0 Å². The first-order valence-electron chi connectivity index (χ1n) is 10.1. The molecule has 156 valence electrons. The van der Waals surface area contributed by atoms with Crippen LogP contribution < -0.4 is 10.6 Å². The van der Waals surface area contributed by atoms with Gasteiger partial charge in [-0.1, -0.05) is 7.43 Å². The van der Waals surface area contributed by atoms with Crippen LogP contribution in [-0.2, 0) is 0 Å². The lowest BCUT2D eigenvalue weighted by Crippen LogP contribution is -2.64. The molecule has 4 nitrogen and oxygen atoms in total. The summed E-state index contributed by atoms with van der Waals surface area (Å²) >= 11 is 0. The van der Waals surface area contributed by atoms with E-state index in [9.17, 15) is 0 Å². The summed E-state index contributed by atoms with van der Waals surface area (Å²) in [4.78, 5) is 5.10. The van der Waals surface area contributed by atoms with Crippen molar-refractivity contribution in [2.75, 3.05) is 20.8 Å². The fraction of sp³-hybridized carbons (Fsp3) is 1.00. The van der Waals surface area contributed by atoms with E-state index in [1.54, 1.807) is 0 Å². The van der Waals surface area contributed by atoms with E-state index in [1.165, 1.54) is 25.7 Å². The summed E-state index contributed by atoms with van der Waals surface area (Å²) < 4.78 is 0. The van der Waals surface area contributed by atoms with Gasteiger partial charge in [0.05, 0.1) is 0 Å². The summed E-state index contributed by atoms with van der Waals surface area (Å²) in [6, 6.07) is 1.17. The van der Waals surface area contributed by atoms with Crippen LogP contribution in [0, 0.1) is 0 Å². The van der Waals surface area contributed by atoms with Crippen molar-refractivity contribution in [3.8, 4) is 0 Å². The molecule has 0 aromatic heterocycles. The monoisotopic (exact) mass is 368 g/mol. The molecular formula is C22H48N4. The Hall–Kier alpha value is -0.160. The van der Waals surface area contributed by atoms with Crippen LogP contribution in [0.2, 0.25) is 0 Å². The van der Waals surface area contributed by atoms with E-state index in [0.29, 0.717) is 12.1 Å². The number of rotatable bonds is 4. The summed E-state index contributed by atoms with van der Waals surface area (Å²) in [7, 11) is 4.55. The molecule has 0 spiro atoms. The molecule has 2 aliphatic heterocycles. The van der Waals surface area contributed by atoms with Gasteiger partial charge in [0.25, 0.3) is 0 Å². The zero-order valence-corrected chi connectivity index (χ0v) is 18.6. The molecular weight excluding hydrogens is 320 g/mol. The normalized spacial score (nSPS) is 29.3. The Kier molecular flexibility index (Phi) is 7.06. The molecule has 0 aliphatic carbocycles. The quantitative estimate of drug-likeness (QED) is 0.733. The molecule has 26 heavy (non-hydrogen) atoms. The van der Waals surface area contributed by atoms with Crippen LogP contribution in [0.4, 0.5) is 0 Å². The molecule has 0 bridgehead atoms. The molecule has 2 aliphatic rings. The summed E-state index contributed by atoms with van der Waals surface area (Å²) in [5.41, 5.74) is 0.988. The number of hydrogen-bond acceptors (Lipinski definition) is 4. The van der Waals surface area contributed by atoms with E-state index in [1.807, 2.05) is 0 Å². The average Bonchev–Trinajstić information content (AvgIpc) is 2.41. The predicted molar refractivity (Wildman–Crippen MR) is 116 cm³/mol. The number of nitrogens with one attached hydrogen (secondary N) is 2. The third-order valence-corrected chi connectivity index (χ3v) is 7.40. The highest BCUT2D eigenvalue weighted by molar-refractivity contribution is 5.02. The summed E-state index contributed by atoms with van der Waals surface area (Å²) in [5, 5.41) is 7.63. The highest BCUT2D eigenvalue weighted by Crippen LogP contribution is 2.38. The van der Waals surface area contributed by atoms with Crippen molar-refractivity contribution in [1.29, 1.82) is 0 Å². The van der Waals surface area contributed by atoms with Gasteiger partial charge in [0.15, 0.2) is 0 Å². The predicted octanol–water partition coefficient (Wildman–Crippen LogP) is 4.06. The first-order chi connectivity index (χ1) is 11.2. The molecule has 4 heteroatoms. The van der Waals surface area contributed by atoms with Gasteiger partial charge in [0, 0.05) is 40.9 Å². The second-order valence-corrected chi connectivity index (χ2v) is 11.2. The van der Waals surface area contributed by atoms with Gasteiger partial charge < -0.3 is 10.6 Å². The van der Waals surface area contributed by atoms with Gasteiger partial charge in [-0.15, -0.1) is 0 Å². The Morgan fingerprint density at radius 2 is 0.846 bits per heavy atom. The van der Waals surface area contributed by atoms with Gasteiger partial charge in [-0.3, -0.25) is 9.80 Å². The topological polar surface area (TPSA) is 30.5 Å². The maximum Gasteiger partial charge on any atom is 0.0458 e. The lowest BCUT2D eigenvalue weighted by atomic mass is 9.77. The van der Waals surface area contributed by atoms with E-state index >= 15 is 0 Å². The van der Waals surface area contributed by atoms with Crippen molar-refractivity contribution < 1.29 is 0 Å². The lowest BCUT2D eigenvalue weighted by molar-refractivity contribution is -0.0241. The second-order valence-electron chi connectivity index (χ2n) is 11.2. The molecule has 0 saturated carbocycles. The number of piperidine rings is 2. The summed E-state index contributed by atoms with van der Waals surface area (Å²) in [6.45, 7) is 19.9. The average molecular weight is 369 g/mol. The highest BCUT2D eigenvalue weighted by Gasteiger charge is 2.44. The van der Waals surface area contributed by atoms with Gasteiger partial charge in [0.1, 0.15) is 0 Å². The van der Waals surface area contributed by atoms with Crippen molar-refractivity contribution in [2.24, 2.45) is 0 Å². The molecule has 2 fully saturated rings. The maximum absolute atomic E-state index is 3.82. The molecule has 2 heterocycles. The van der Waals surface area contributed by atoms with Gasteiger partial charge in [-0.25, -0.2) is 0 Å². The molecule has 0 unspecified atom stereocenters. The molecule has 2 saturated heterocycles. The fourth-order valence-corrected chi connectivity index (χ4v) is 5.38. The van der Waals surface area contributed by atoms with E-state index in [2.05, 4.69) is 89.9 Å². The van der Waals surface area contributed by atoms with Crippen LogP contribution in [0.15, 0.2) is 0 Å². The zero-order valence-electron chi connectivity index (χ0n) is 18.6. The third-order valence-electron chi connectivity index (χ3n) is 7.40. The largest absolute Gasteiger partial charge is 0.302 e. The molecule has 0 atom stereocenters. The number of hydrogen-bond donors (Lipinski definition) is 2. The van der Waals surface area contributed by atoms with Crippen molar-refractivity contribution in [3.05, 3.63) is 0 Å². The van der Waals surface area contributed by atoms with Crippen LogP contribution in [0.3, 0.4) is 0 Å². The third kappa shape index (κ3) is 5.01. The SMILES string of the molecule is C.CN1C(C)(C)CC(NCNC2CC(C)(C)N(C)C(C)(C)C2)CC1(C)C. The summed E-state index contributed by atoms with van der Waals surface area (Å²) in [5.74, 6) is 0. The maximum atomic E-state index is 3.82. The Labute approximate surface area is 164 Å². The zero-order chi connectivity index (χ0) is 19.3. The Balaban J connectivity index is 0.00000338. The molecule has 0 aromatic carbocycles. The molecule has 2 rings (SSSR count). The molecule has 2 N–H and O–H groups in total. The van der Waals surface area contributed by atoms with Crippen molar-refractivity contribution >= 4 is 0 Å². The Morgan fingerprint density at radius 1 is 0.615 bits per heavy atom. The van der Waals surface area contributed by atoms with E-state index < -0.39 is 0 Å². The van der Waals surface area contributed by atoms with Gasteiger partial charge >= 0.3 is 0 Å². The minimum absolute atomic E-state index is 0. The first-order valence-corrected chi connectivity index (χ1v) is 10.1. The minimum atomic E-state index is 0. The second kappa shape index (κ2) is 7.69. The number of nitrogens with zero attached hydrogens (tertiary/aromatic N) is 2. The van der Waals surface area contributed by atoms with E-state index in [0.717, 1.165) is 6.67 Å². The minimum Gasteiger partial charge on any atom is -0.302 e. The van der Waals surface area contributed by atoms with Crippen LogP contribution in [0.1, 0.15) is 88.5 Å². The Bertz CT molecular complexity index is 389. The first kappa shape index (κ1) is 23.9. The van der Waals surface area contributed by atoms with Crippen molar-refractivity contribution in [1.82, 2.24) is 20.4 Å². The summed E-state index contributed by atoms with van der Waals surface area (Å²) in [6.07, 6.45) is 4.83. The fourth-order valence-electron chi connectivity index (χ4n) is 5.38. The van der Waals surface area contributed by atoms with E-state index in [4.69, 9.17) is 0 Å². The molecule has 0 amide bonds. The lowest BCUT2D eigenvalue weighted by Gasteiger charge is -2.54. The van der Waals surface area contributed by atoms with Crippen LogP contribution in [0.5, 0.6) is 0 Å². The molecule has 0 radical (unpaired) electrons.